The third kappa shape index (κ3) is 5.61. The second kappa shape index (κ2) is 10.7. The van der Waals surface area contributed by atoms with Gasteiger partial charge >= 0.3 is 6.18 Å². The van der Waals surface area contributed by atoms with E-state index in [1.807, 2.05) is 48.5 Å². The smallest absolute Gasteiger partial charge is 0.390 e. The number of methoxy groups -OCH3 is 1. The number of alkyl halides is 3. The Balaban J connectivity index is 1.58. The summed E-state index contributed by atoms with van der Waals surface area (Å²) < 4.78 is 42.3. The standard InChI is InChI=1S/C26H23F3N4O3/c1-36-24-22(25(34)33-35)20-15-30-12-10-21(20)32-23(24)19-8-6-18(7-9-19)17-4-2-16(3-5-17)14-31-13-11-26(27,28)29/h2-10,12,15,31,35H,11,13-14H2,1H3,(H,33,34). The highest BCUT2D eigenvalue weighted by Crippen LogP contribution is 2.36. The summed E-state index contributed by atoms with van der Waals surface area (Å²) in [6.45, 7) is 0.221. The van der Waals surface area contributed by atoms with Crippen molar-refractivity contribution >= 4 is 16.8 Å². The van der Waals surface area contributed by atoms with Gasteiger partial charge in [0.25, 0.3) is 5.91 Å². The van der Waals surface area contributed by atoms with Crippen LogP contribution in [-0.2, 0) is 6.54 Å². The third-order valence-corrected chi connectivity index (χ3v) is 5.63. The van der Waals surface area contributed by atoms with E-state index in [9.17, 15) is 23.2 Å². The highest BCUT2D eigenvalue weighted by Gasteiger charge is 2.26. The van der Waals surface area contributed by atoms with E-state index in [4.69, 9.17) is 4.74 Å². The number of rotatable bonds is 8. The summed E-state index contributed by atoms with van der Waals surface area (Å²) in [4.78, 5) is 21.1. The number of aromatic nitrogens is 2. The van der Waals surface area contributed by atoms with Crippen LogP contribution >= 0.6 is 0 Å². The second-order valence-corrected chi connectivity index (χ2v) is 8.02. The molecule has 0 atom stereocenters. The molecule has 4 aromatic rings. The van der Waals surface area contributed by atoms with Crippen molar-refractivity contribution in [3.8, 4) is 28.1 Å². The van der Waals surface area contributed by atoms with Crippen LogP contribution in [0, 0.1) is 0 Å². The molecule has 0 spiro atoms. The van der Waals surface area contributed by atoms with Crippen LogP contribution in [0.15, 0.2) is 67.0 Å². The van der Waals surface area contributed by atoms with Crippen molar-refractivity contribution in [1.82, 2.24) is 20.8 Å². The quantitative estimate of drug-likeness (QED) is 0.178. The molecule has 0 aliphatic carbocycles. The molecular formula is C26H23F3N4O3. The molecule has 36 heavy (non-hydrogen) atoms. The van der Waals surface area contributed by atoms with Gasteiger partial charge in [0.1, 0.15) is 5.69 Å². The largest absolute Gasteiger partial charge is 0.494 e. The van der Waals surface area contributed by atoms with Crippen molar-refractivity contribution in [2.45, 2.75) is 19.1 Å². The molecule has 0 saturated heterocycles. The Bertz CT molecular complexity index is 1360. The Morgan fingerprint density at radius 1 is 1.00 bits per heavy atom. The number of amides is 1. The SMILES string of the molecule is COc1c(-c2ccc(-c3ccc(CNCCC(F)(F)F)cc3)cc2)nc2ccncc2c1C(=O)NO. The van der Waals surface area contributed by atoms with Crippen molar-refractivity contribution in [2.24, 2.45) is 0 Å². The van der Waals surface area contributed by atoms with Crippen LogP contribution in [0.1, 0.15) is 22.3 Å². The van der Waals surface area contributed by atoms with Crippen molar-refractivity contribution < 1.29 is 27.9 Å². The normalized spacial score (nSPS) is 11.5. The summed E-state index contributed by atoms with van der Waals surface area (Å²) >= 11 is 0. The van der Waals surface area contributed by atoms with Gasteiger partial charge in [-0.2, -0.15) is 13.2 Å². The Kier molecular flexibility index (Phi) is 7.47. The zero-order chi connectivity index (χ0) is 25.7. The van der Waals surface area contributed by atoms with Gasteiger partial charge in [-0.25, -0.2) is 10.5 Å². The first-order chi connectivity index (χ1) is 17.3. The molecule has 2 aromatic heterocycles. The van der Waals surface area contributed by atoms with E-state index in [1.54, 1.807) is 17.7 Å². The fourth-order valence-corrected chi connectivity index (χ4v) is 3.86. The molecule has 0 saturated carbocycles. The molecule has 1 amide bonds. The minimum Gasteiger partial charge on any atom is -0.494 e. The Morgan fingerprint density at radius 3 is 2.25 bits per heavy atom. The molecule has 186 valence electrons. The molecular weight excluding hydrogens is 473 g/mol. The van der Waals surface area contributed by atoms with Gasteiger partial charge in [-0.05, 0) is 22.8 Å². The lowest BCUT2D eigenvalue weighted by Crippen LogP contribution is -2.21. The van der Waals surface area contributed by atoms with E-state index in [1.165, 1.54) is 13.3 Å². The molecule has 2 aromatic carbocycles. The third-order valence-electron chi connectivity index (χ3n) is 5.63. The number of pyridine rings is 2. The molecule has 10 heteroatoms. The minimum atomic E-state index is -4.17. The zero-order valence-corrected chi connectivity index (χ0v) is 19.3. The van der Waals surface area contributed by atoms with E-state index in [2.05, 4.69) is 15.3 Å². The van der Waals surface area contributed by atoms with Gasteiger partial charge in [-0.1, -0.05) is 48.5 Å². The van der Waals surface area contributed by atoms with E-state index in [0.29, 0.717) is 28.7 Å². The first-order valence-electron chi connectivity index (χ1n) is 11.0. The van der Waals surface area contributed by atoms with Crippen LogP contribution in [0.2, 0.25) is 0 Å². The Morgan fingerprint density at radius 2 is 1.64 bits per heavy atom. The first kappa shape index (κ1) is 25.1. The number of nitrogens with zero attached hydrogens (tertiary/aromatic N) is 2. The predicted octanol–water partition coefficient (Wildman–Crippen LogP) is 5.13. The molecule has 0 radical (unpaired) electrons. The van der Waals surface area contributed by atoms with E-state index < -0.39 is 18.5 Å². The van der Waals surface area contributed by atoms with Crippen LogP contribution in [0.5, 0.6) is 5.75 Å². The van der Waals surface area contributed by atoms with E-state index >= 15 is 0 Å². The maximum Gasteiger partial charge on any atom is 0.390 e. The van der Waals surface area contributed by atoms with Crippen LogP contribution in [0.3, 0.4) is 0 Å². The fourth-order valence-electron chi connectivity index (χ4n) is 3.86. The van der Waals surface area contributed by atoms with Gasteiger partial charge in [0.15, 0.2) is 5.75 Å². The molecule has 0 fully saturated rings. The van der Waals surface area contributed by atoms with Crippen LogP contribution < -0.4 is 15.5 Å². The van der Waals surface area contributed by atoms with E-state index in [0.717, 1.165) is 16.7 Å². The average molecular weight is 496 g/mol. The fraction of sp³-hybridized carbons (Fsp3) is 0.192. The molecule has 0 unspecified atom stereocenters. The molecule has 3 N–H and O–H groups in total. The summed E-state index contributed by atoms with van der Waals surface area (Å²) in [5.41, 5.74) is 6.17. The average Bonchev–Trinajstić information content (AvgIpc) is 2.89. The number of hydroxylamine groups is 1. The monoisotopic (exact) mass is 496 g/mol. The van der Waals surface area contributed by atoms with E-state index in [-0.39, 0.29) is 17.9 Å². The second-order valence-electron chi connectivity index (χ2n) is 8.02. The minimum absolute atomic E-state index is 0.122. The van der Waals surface area contributed by atoms with Crippen molar-refractivity contribution in [1.29, 1.82) is 0 Å². The number of hydrogen-bond donors (Lipinski definition) is 3. The van der Waals surface area contributed by atoms with Crippen molar-refractivity contribution in [2.75, 3.05) is 13.7 Å². The summed E-state index contributed by atoms with van der Waals surface area (Å²) in [5.74, 6) is -0.532. The van der Waals surface area contributed by atoms with Gasteiger partial charge in [0.05, 0.1) is 24.6 Å². The lowest BCUT2D eigenvalue weighted by molar-refractivity contribution is -0.133. The Hall–Kier alpha value is -4.02. The maximum atomic E-state index is 12.4. The Labute approximate surface area is 204 Å². The van der Waals surface area contributed by atoms with Gasteiger partial charge in [0, 0.05) is 36.4 Å². The number of fused-ring (bicyclic) bond motifs is 1. The van der Waals surface area contributed by atoms with Crippen molar-refractivity contribution in [3.05, 3.63) is 78.1 Å². The first-order valence-corrected chi connectivity index (χ1v) is 11.0. The number of halogens is 3. The van der Waals surface area contributed by atoms with Crippen molar-refractivity contribution in [3.63, 3.8) is 0 Å². The number of ether oxygens (including phenoxy) is 1. The molecule has 0 bridgehead atoms. The number of carbonyl (C=O) groups excluding carboxylic acids is 1. The summed E-state index contributed by atoms with van der Waals surface area (Å²) in [5, 5.41) is 12.5. The molecule has 4 rings (SSSR count). The van der Waals surface area contributed by atoms with Gasteiger partial charge in [-0.3, -0.25) is 15.0 Å². The lowest BCUT2D eigenvalue weighted by atomic mass is 9.99. The van der Waals surface area contributed by atoms with Crippen LogP contribution in [0.25, 0.3) is 33.3 Å². The zero-order valence-electron chi connectivity index (χ0n) is 19.3. The summed E-state index contributed by atoms with van der Waals surface area (Å²) in [7, 11) is 1.42. The topological polar surface area (TPSA) is 96.4 Å². The highest BCUT2D eigenvalue weighted by molar-refractivity contribution is 6.09. The van der Waals surface area contributed by atoms with Gasteiger partial charge in [0.2, 0.25) is 0 Å². The predicted molar refractivity (Wildman–Crippen MR) is 129 cm³/mol. The molecule has 7 nitrogen and oxygen atoms in total. The van der Waals surface area contributed by atoms with Crippen LogP contribution in [-0.4, -0.2) is 40.9 Å². The number of benzene rings is 2. The van der Waals surface area contributed by atoms with Gasteiger partial charge < -0.3 is 10.1 Å². The number of carbonyl (C=O) groups is 1. The summed E-state index contributed by atoms with van der Waals surface area (Å²) in [6, 6.07) is 16.7. The van der Waals surface area contributed by atoms with Gasteiger partial charge in [-0.15, -0.1) is 0 Å². The molecule has 0 aliphatic rings. The summed E-state index contributed by atoms with van der Waals surface area (Å²) in [6.07, 6.45) is -1.99. The highest BCUT2D eigenvalue weighted by atomic mass is 19.4. The number of hydrogen-bond acceptors (Lipinski definition) is 6. The number of nitrogens with one attached hydrogen (secondary N) is 2. The maximum absolute atomic E-state index is 12.4. The molecule has 2 heterocycles. The molecule has 0 aliphatic heterocycles. The lowest BCUT2D eigenvalue weighted by Gasteiger charge is -2.15. The van der Waals surface area contributed by atoms with Crippen LogP contribution in [0.4, 0.5) is 13.2 Å².